The topological polar surface area (TPSA) is 78.9 Å². The summed E-state index contributed by atoms with van der Waals surface area (Å²) >= 11 is 0. The zero-order valence-electron chi connectivity index (χ0n) is 16.2. The summed E-state index contributed by atoms with van der Waals surface area (Å²) in [5, 5.41) is 0. The molecule has 0 unspecified atom stereocenters. The van der Waals surface area contributed by atoms with Crippen molar-refractivity contribution in [3.8, 4) is 0 Å². The van der Waals surface area contributed by atoms with E-state index in [1.165, 1.54) is 12.1 Å². The second kappa shape index (κ2) is 9.30. The molecule has 6 nitrogen and oxygen atoms in total. The first-order valence-electron chi connectivity index (χ1n) is 8.51. The molecule has 0 amide bonds. The monoisotopic (exact) mass is 384 g/mol. The van der Waals surface area contributed by atoms with Crippen LogP contribution in [0.3, 0.4) is 0 Å². The van der Waals surface area contributed by atoms with Crippen LogP contribution in [0.5, 0.6) is 0 Å². The third-order valence-electron chi connectivity index (χ3n) is 3.17. The van der Waals surface area contributed by atoms with Crippen LogP contribution < -0.4 is 0 Å². The number of benzene rings is 1. The summed E-state index contributed by atoms with van der Waals surface area (Å²) in [6.45, 7) is 11.0. The summed E-state index contributed by atoms with van der Waals surface area (Å²) in [5.74, 6) is -0.942. The van der Waals surface area contributed by atoms with Gasteiger partial charge in [0.1, 0.15) is 5.60 Å². The van der Waals surface area contributed by atoms with Crippen molar-refractivity contribution in [1.29, 1.82) is 0 Å². The number of hydrogen-bond donors (Lipinski definition) is 0. The van der Waals surface area contributed by atoms with Crippen LogP contribution in [-0.2, 0) is 28.8 Å². The highest BCUT2D eigenvalue weighted by Crippen LogP contribution is 2.24. The number of carbonyl (C=O) groups is 1. The lowest BCUT2D eigenvalue weighted by molar-refractivity contribution is -0.149. The Kier molecular flexibility index (Phi) is 7.99. The van der Waals surface area contributed by atoms with Crippen molar-refractivity contribution >= 4 is 15.8 Å². The molecule has 1 rings (SSSR count). The largest absolute Gasteiger partial charge is 0.456 e. The van der Waals surface area contributed by atoms with Gasteiger partial charge in [0.25, 0.3) is 0 Å². The first kappa shape index (κ1) is 22.3. The van der Waals surface area contributed by atoms with Gasteiger partial charge in [-0.1, -0.05) is 17.7 Å². The average molecular weight is 384 g/mol. The predicted octanol–water partition coefficient (Wildman–Crippen LogP) is 3.39. The fourth-order valence-corrected chi connectivity index (χ4v) is 3.34. The van der Waals surface area contributed by atoms with Crippen molar-refractivity contribution in [2.75, 3.05) is 13.2 Å². The van der Waals surface area contributed by atoms with Crippen LogP contribution in [0.2, 0.25) is 0 Å². The molecule has 0 aromatic heterocycles. The highest BCUT2D eigenvalue weighted by Gasteiger charge is 2.32. The smallest absolute Gasteiger partial charge is 0.350 e. The molecule has 0 atom stereocenters. The van der Waals surface area contributed by atoms with Gasteiger partial charge < -0.3 is 14.2 Å². The van der Waals surface area contributed by atoms with Crippen LogP contribution in [-0.4, -0.2) is 39.5 Å². The van der Waals surface area contributed by atoms with Gasteiger partial charge in [-0.25, -0.2) is 13.2 Å². The lowest BCUT2D eigenvalue weighted by Crippen LogP contribution is -2.29. The Morgan fingerprint density at radius 3 is 2.00 bits per heavy atom. The molecule has 0 radical (unpaired) electrons. The molecule has 1 aromatic carbocycles. The minimum atomic E-state index is -4.09. The summed E-state index contributed by atoms with van der Waals surface area (Å²) < 4.78 is 42.1. The van der Waals surface area contributed by atoms with E-state index < -0.39 is 32.6 Å². The number of carbonyl (C=O) groups excluding carboxylic acids is 1. The van der Waals surface area contributed by atoms with E-state index >= 15 is 0 Å². The Morgan fingerprint density at radius 2 is 1.58 bits per heavy atom. The molecule has 0 aliphatic rings. The normalized spacial score (nSPS) is 13.1. The van der Waals surface area contributed by atoms with E-state index in [1.54, 1.807) is 46.8 Å². The zero-order valence-corrected chi connectivity index (χ0v) is 17.1. The van der Waals surface area contributed by atoms with Crippen LogP contribution in [0.25, 0.3) is 0 Å². The van der Waals surface area contributed by atoms with Gasteiger partial charge in [0.05, 0.1) is 4.90 Å². The van der Waals surface area contributed by atoms with E-state index in [2.05, 4.69) is 0 Å². The molecule has 26 heavy (non-hydrogen) atoms. The number of aryl methyl sites for hydroxylation is 1. The van der Waals surface area contributed by atoms with Crippen LogP contribution in [0.1, 0.15) is 40.2 Å². The van der Waals surface area contributed by atoms with Crippen molar-refractivity contribution < 1.29 is 27.4 Å². The fraction of sp³-hybridized carbons (Fsp3) is 0.526. The zero-order chi connectivity index (χ0) is 20.0. The summed E-state index contributed by atoms with van der Waals surface area (Å²) in [7, 11) is -4.09. The van der Waals surface area contributed by atoms with E-state index in [0.29, 0.717) is 13.2 Å². The van der Waals surface area contributed by atoms with Crippen LogP contribution in [0.4, 0.5) is 0 Å². The van der Waals surface area contributed by atoms with Crippen molar-refractivity contribution in [2.45, 2.75) is 58.3 Å². The van der Waals surface area contributed by atoms with E-state index in [-0.39, 0.29) is 4.90 Å². The van der Waals surface area contributed by atoms with Gasteiger partial charge >= 0.3 is 5.97 Å². The van der Waals surface area contributed by atoms with Crippen molar-refractivity contribution in [3.05, 3.63) is 40.8 Å². The maximum absolute atomic E-state index is 13.0. The van der Waals surface area contributed by atoms with Gasteiger partial charge in [0.2, 0.25) is 9.84 Å². The van der Waals surface area contributed by atoms with Crippen molar-refractivity contribution in [1.82, 2.24) is 0 Å². The van der Waals surface area contributed by atoms with Gasteiger partial charge in [-0.2, -0.15) is 0 Å². The molecular formula is C19H28O6S. The number of esters is 1. The quantitative estimate of drug-likeness (QED) is 0.388. The number of ether oxygens (including phenoxy) is 3. The third-order valence-corrected chi connectivity index (χ3v) is 4.94. The van der Waals surface area contributed by atoms with Crippen molar-refractivity contribution in [3.63, 3.8) is 0 Å². The molecular weight excluding hydrogens is 356 g/mol. The minimum absolute atomic E-state index is 0.00644. The van der Waals surface area contributed by atoms with Crippen molar-refractivity contribution in [2.24, 2.45) is 0 Å². The highest BCUT2D eigenvalue weighted by molar-refractivity contribution is 7.96. The molecule has 0 spiro atoms. The number of hydrogen-bond acceptors (Lipinski definition) is 6. The molecule has 0 heterocycles. The second-order valence-electron chi connectivity index (χ2n) is 6.63. The maximum Gasteiger partial charge on any atom is 0.350 e. The summed E-state index contributed by atoms with van der Waals surface area (Å²) in [6.07, 6.45) is 0.198. The summed E-state index contributed by atoms with van der Waals surface area (Å²) in [4.78, 5) is 12.1. The van der Waals surface area contributed by atoms with E-state index in [9.17, 15) is 13.2 Å². The Morgan fingerprint density at radius 1 is 1.08 bits per heavy atom. The average Bonchev–Trinajstić information content (AvgIpc) is 2.51. The fourth-order valence-electron chi connectivity index (χ4n) is 2.04. The van der Waals surface area contributed by atoms with Gasteiger partial charge in [-0.15, -0.1) is 0 Å². The molecule has 0 aliphatic heterocycles. The standard InChI is InChI=1S/C19H28O6S/c1-7-23-17(24-8-2)13-16(18(20)25-19(4,5)6)26(21,22)15-11-9-14(3)10-12-15/h9-13,17H,7-8H2,1-6H3/b16-13+. The van der Waals surface area contributed by atoms with E-state index in [0.717, 1.165) is 11.6 Å². The Bertz CT molecular complexity index is 720. The summed E-state index contributed by atoms with van der Waals surface area (Å²) in [5.41, 5.74) is 0.0688. The lowest BCUT2D eigenvalue weighted by Gasteiger charge is -2.21. The molecule has 0 saturated heterocycles. The first-order valence-corrected chi connectivity index (χ1v) is 9.99. The first-order chi connectivity index (χ1) is 12.0. The highest BCUT2D eigenvalue weighted by atomic mass is 32.2. The number of sulfone groups is 1. The SMILES string of the molecule is CCOC(/C=C(\C(=O)OC(C)(C)C)S(=O)(=O)c1ccc(C)cc1)OCC. The van der Waals surface area contributed by atoms with Gasteiger partial charge in [-0.3, -0.25) is 0 Å². The third kappa shape index (κ3) is 6.55. The Balaban J connectivity index is 3.42. The van der Waals surface area contributed by atoms with Crippen LogP contribution in [0, 0.1) is 6.92 Å². The minimum Gasteiger partial charge on any atom is -0.456 e. The molecule has 7 heteroatoms. The lowest BCUT2D eigenvalue weighted by atomic mass is 10.2. The van der Waals surface area contributed by atoms with Crippen LogP contribution in [0.15, 0.2) is 40.1 Å². The number of rotatable bonds is 8. The van der Waals surface area contributed by atoms with Crippen LogP contribution >= 0.6 is 0 Å². The second-order valence-corrected chi connectivity index (χ2v) is 8.55. The molecule has 0 aliphatic carbocycles. The Labute approximate surface area is 156 Å². The van der Waals surface area contributed by atoms with Gasteiger partial charge in [-0.05, 0) is 59.8 Å². The molecule has 0 N–H and O–H groups in total. The Hall–Kier alpha value is -1.70. The van der Waals surface area contributed by atoms with Gasteiger partial charge in [0, 0.05) is 13.2 Å². The molecule has 146 valence electrons. The van der Waals surface area contributed by atoms with Gasteiger partial charge in [0.15, 0.2) is 11.2 Å². The molecule has 0 saturated carbocycles. The molecule has 0 fully saturated rings. The van der Waals surface area contributed by atoms with E-state index in [4.69, 9.17) is 14.2 Å². The summed E-state index contributed by atoms with van der Waals surface area (Å²) in [6, 6.07) is 6.25. The predicted molar refractivity (Wildman–Crippen MR) is 99.3 cm³/mol. The van der Waals surface area contributed by atoms with E-state index in [1.807, 2.05) is 6.92 Å². The molecule has 0 bridgehead atoms. The maximum atomic E-state index is 13.0. The molecule has 1 aromatic rings.